The second kappa shape index (κ2) is 8.69. The third kappa shape index (κ3) is 4.54. The number of carbonyl (C=O) groups is 1. The first-order valence-corrected chi connectivity index (χ1v) is 11.5. The minimum atomic E-state index is -0.539. The third-order valence-corrected chi connectivity index (χ3v) is 6.18. The first-order valence-electron chi connectivity index (χ1n) is 11.5. The zero-order chi connectivity index (χ0) is 23.9. The molecular weight excluding hydrogens is 419 g/mol. The van der Waals surface area contributed by atoms with Gasteiger partial charge in [0, 0.05) is 47.7 Å². The lowest BCUT2D eigenvalue weighted by molar-refractivity contribution is -0.000901. The van der Waals surface area contributed by atoms with Gasteiger partial charge in [-0.15, -0.1) is 0 Å². The summed E-state index contributed by atoms with van der Waals surface area (Å²) in [5.41, 5.74) is 3.69. The highest BCUT2D eigenvalue weighted by molar-refractivity contribution is 5.73. The fourth-order valence-corrected chi connectivity index (χ4v) is 4.62. The summed E-state index contributed by atoms with van der Waals surface area (Å²) in [7, 11) is 0. The molecule has 4 rings (SSSR count). The summed E-state index contributed by atoms with van der Waals surface area (Å²) < 4.78 is 20.4. The number of piperazine rings is 1. The molecule has 176 valence electrons. The molecular formula is C26H33FN4O2. The molecule has 0 saturated carbocycles. The Labute approximate surface area is 194 Å². The molecule has 0 unspecified atom stereocenters. The monoisotopic (exact) mass is 452 g/mol. The van der Waals surface area contributed by atoms with Crippen molar-refractivity contribution in [2.75, 3.05) is 19.6 Å². The van der Waals surface area contributed by atoms with Gasteiger partial charge >= 0.3 is 6.09 Å². The quantitative estimate of drug-likeness (QED) is 0.753. The van der Waals surface area contributed by atoms with Gasteiger partial charge in [0.1, 0.15) is 16.9 Å². The Hall–Kier alpha value is -3.09. The number of ether oxygens (including phenoxy) is 1. The summed E-state index contributed by atoms with van der Waals surface area (Å²) in [4.78, 5) is 24.9. The Kier molecular flexibility index (Phi) is 6.08. The van der Waals surface area contributed by atoms with Crippen molar-refractivity contribution in [3.63, 3.8) is 0 Å². The zero-order valence-electron chi connectivity index (χ0n) is 20.3. The number of amides is 1. The lowest BCUT2D eigenvalue weighted by Gasteiger charge is -2.46. The normalized spacial score (nSPS) is 21.2. The van der Waals surface area contributed by atoms with Crippen LogP contribution in [0.4, 0.5) is 9.18 Å². The van der Waals surface area contributed by atoms with E-state index in [1.807, 2.05) is 44.9 Å². The van der Waals surface area contributed by atoms with E-state index in [4.69, 9.17) is 9.73 Å². The van der Waals surface area contributed by atoms with Crippen LogP contribution in [0.2, 0.25) is 0 Å². The van der Waals surface area contributed by atoms with Gasteiger partial charge in [0.15, 0.2) is 0 Å². The van der Waals surface area contributed by atoms with Crippen LogP contribution in [-0.4, -0.2) is 58.2 Å². The van der Waals surface area contributed by atoms with Crippen LogP contribution in [0, 0.1) is 5.82 Å². The van der Waals surface area contributed by atoms with Gasteiger partial charge in [0.2, 0.25) is 0 Å². The average molecular weight is 453 g/mol. The molecule has 7 heteroatoms. The number of halogens is 1. The number of nitrogens with one attached hydrogen (secondary N) is 1. The lowest BCUT2D eigenvalue weighted by Crippen LogP contribution is -2.59. The van der Waals surface area contributed by atoms with Crippen molar-refractivity contribution in [2.24, 2.45) is 4.99 Å². The van der Waals surface area contributed by atoms with Gasteiger partial charge in [0.05, 0.1) is 12.2 Å². The summed E-state index contributed by atoms with van der Waals surface area (Å²) in [6, 6.07) is 6.82. The molecule has 2 aliphatic rings. The van der Waals surface area contributed by atoms with Crippen LogP contribution in [0.1, 0.15) is 41.5 Å². The van der Waals surface area contributed by atoms with Crippen LogP contribution in [0.25, 0.3) is 16.8 Å². The number of nitrogens with zero attached hydrogens (tertiary/aromatic N) is 3. The van der Waals surface area contributed by atoms with E-state index in [1.165, 1.54) is 6.07 Å². The molecule has 0 radical (unpaired) electrons. The number of fused-ring (bicyclic) bond motifs is 1. The Bertz CT molecular complexity index is 1210. The zero-order valence-corrected chi connectivity index (χ0v) is 20.3. The van der Waals surface area contributed by atoms with E-state index < -0.39 is 5.60 Å². The van der Waals surface area contributed by atoms with E-state index in [2.05, 4.69) is 29.8 Å². The lowest BCUT2D eigenvalue weighted by atomic mass is 10.00. The maximum absolute atomic E-state index is 14.8. The molecule has 0 aliphatic carbocycles. The smallest absolute Gasteiger partial charge is 0.410 e. The Balaban J connectivity index is 1.80. The summed E-state index contributed by atoms with van der Waals surface area (Å²) in [5.74, 6) is -0.263. The SMILES string of the molecule is CC1=CCN=c2[nH]cc(-c3ccccc3F)c2=C1N1C[C@@H](C)N(C(=O)OC(C)(C)C)C[C@@H]1C. The predicted molar refractivity (Wildman–Crippen MR) is 128 cm³/mol. The van der Waals surface area contributed by atoms with Crippen LogP contribution in [0.5, 0.6) is 0 Å². The molecule has 2 atom stereocenters. The summed E-state index contributed by atoms with van der Waals surface area (Å²) in [5, 5.41) is 0.913. The molecule has 6 nitrogen and oxygen atoms in total. The molecule has 3 heterocycles. The second-order valence-electron chi connectivity index (χ2n) is 9.97. The van der Waals surface area contributed by atoms with Gasteiger partial charge in [-0.05, 0) is 53.2 Å². The number of hydrogen-bond donors (Lipinski definition) is 1. The molecule has 1 aromatic heterocycles. The first kappa shape index (κ1) is 23.1. The fraction of sp³-hybridized carbons (Fsp3) is 0.462. The summed E-state index contributed by atoms with van der Waals surface area (Å²) in [6.45, 7) is 13.6. The largest absolute Gasteiger partial charge is 0.444 e. The first-order chi connectivity index (χ1) is 15.6. The van der Waals surface area contributed by atoms with Crippen LogP contribution in [0.15, 0.2) is 47.1 Å². The van der Waals surface area contributed by atoms with Gasteiger partial charge in [-0.3, -0.25) is 4.99 Å². The summed E-state index contributed by atoms with van der Waals surface area (Å²) >= 11 is 0. The van der Waals surface area contributed by atoms with E-state index in [9.17, 15) is 9.18 Å². The second-order valence-corrected chi connectivity index (χ2v) is 9.97. The van der Waals surface area contributed by atoms with E-state index in [0.29, 0.717) is 25.2 Å². The van der Waals surface area contributed by atoms with Crippen LogP contribution >= 0.6 is 0 Å². The molecule has 1 fully saturated rings. The van der Waals surface area contributed by atoms with Gasteiger partial charge in [-0.1, -0.05) is 24.3 Å². The van der Waals surface area contributed by atoms with Gasteiger partial charge in [-0.2, -0.15) is 0 Å². The highest BCUT2D eigenvalue weighted by Gasteiger charge is 2.36. The molecule has 0 spiro atoms. The van der Waals surface area contributed by atoms with E-state index in [-0.39, 0.29) is 24.0 Å². The molecule has 1 amide bonds. The Morgan fingerprint density at radius 2 is 1.88 bits per heavy atom. The molecule has 2 aromatic rings. The number of aromatic amines is 1. The number of H-pyrrole nitrogens is 1. The van der Waals surface area contributed by atoms with Crippen molar-refractivity contribution >= 4 is 11.8 Å². The molecule has 0 bridgehead atoms. The van der Waals surface area contributed by atoms with E-state index in [1.54, 1.807) is 12.1 Å². The van der Waals surface area contributed by atoms with Gasteiger partial charge in [-0.25, -0.2) is 9.18 Å². The minimum absolute atomic E-state index is 0.0430. The molecule has 1 aromatic carbocycles. The number of hydrogen-bond acceptors (Lipinski definition) is 4. The van der Waals surface area contributed by atoms with Gasteiger partial charge in [0.25, 0.3) is 0 Å². The van der Waals surface area contributed by atoms with Crippen molar-refractivity contribution in [3.8, 4) is 11.1 Å². The predicted octanol–water partition coefficient (Wildman–Crippen LogP) is 3.84. The van der Waals surface area contributed by atoms with E-state index >= 15 is 0 Å². The van der Waals surface area contributed by atoms with Crippen molar-refractivity contribution in [1.29, 1.82) is 0 Å². The Morgan fingerprint density at radius 3 is 2.58 bits per heavy atom. The van der Waals surface area contributed by atoms with Crippen molar-refractivity contribution in [1.82, 2.24) is 14.8 Å². The molecule has 1 saturated heterocycles. The summed E-state index contributed by atoms with van der Waals surface area (Å²) in [6.07, 6.45) is 3.66. The van der Waals surface area contributed by atoms with E-state index in [0.717, 1.165) is 27.5 Å². The average Bonchev–Trinajstić information content (AvgIpc) is 3.05. The number of aromatic nitrogens is 1. The van der Waals surface area contributed by atoms with Crippen molar-refractivity contribution < 1.29 is 13.9 Å². The molecule has 1 N–H and O–H groups in total. The van der Waals surface area contributed by atoms with Crippen molar-refractivity contribution in [3.05, 3.63) is 58.6 Å². The van der Waals surface area contributed by atoms with Crippen molar-refractivity contribution in [2.45, 2.75) is 59.2 Å². The highest BCUT2D eigenvalue weighted by Crippen LogP contribution is 2.28. The highest BCUT2D eigenvalue weighted by atomic mass is 19.1. The standard InChI is InChI=1S/C26H33FN4O2/c1-16-11-12-28-24-22(20(13-29-24)19-9-7-8-10-21(19)27)23(16)30-14-18(3)31(15-17(30)2)25(32)33-26(4,5)6/h7-11,13,17-18H,12,14-15H2,1-6H3,(H,28,29)/t17-,18+/m0/s1. The van der Waals surface area contributed by atoms with Crippen LogP contribution in [0.3, 0.4) is 0 Å². The third-order valence-electron chi connectivity index (χ3n) is 6.18. The maximum Gasteiger partial charge on any atom is 0.410 e. The van der Waals surface area contributed by atoms with Gasteiger partial charge < -0.3 is 19.5 Å². The topological polar surface area (TPSA) is 60.9 Å². The molecule has 33 heavy (non-hydrogen) atoms. The maximum atomic E-state index is 14.8. The number of rotatable bonds is 2. The Morgan fingerprint density at radius 1 is 1.15 bits per heavy atom. The number of carbonyl (C=O) groups excluding carboxylic acids is 1. The van der Waals surface area contributed by atoms with Crippen LogP contribution in [-0.2, 0) is 4.74 Å². The fourth-order valence-electron chi connectivity index (χ4n) is 4.62. The minimum Gasteiger partial charge on any atom is -0.444 e. The number of benzene rings is 1. The van der Waals surface area contributed by atoms with Crippen LogP contribution < -0.4 is 10.7 Å². The molecule has 2 aliphatic heterocycles.